The van der Waals surface area contributed by atoms with Gasteiger partial charge < -0.3 is 9.88 Å². The fraction of sp³-hybridized carbons (Fsp3) is 0.391. The summed E-state index contributed by atoms with van der Waals surface area (Å²) in [6.07, 6.45) is 4.20. The normalized spacial score (nSPS) is 12.9. The van der Waals surface area contributed by atoms with E-state index < -0.39 is 0 Å². The summed E-state index contributed by atoms with van der Waals surface area (Å²) in [5.41, 5.74) is 3.02. The number of aromatic nitrogens is 3. The molecule has 1 aromatic carbocycles. The Morgan fingerprint density at radius 2 is 2.00 bits per heavy atom. The lowest BCUT2D eigenvalue weighted by molar-refractivity contribution is -0.113. The Kier molecular flexibility index (Phi) is 7.55. The fourth-order valence-electron chi connectivity index (χ4n) is 3.70. The van der Waals surface area contributed by atoms with E-state index in [4.69, 9.17) is 0 Å². The van der Waals surface area contributed by atoms with Gasteiger partial charge in [0.2, 0.25) is 5.91 Å². The summed E-state index contributed by atoms with van der Waals surface area (Å²) in [7, 11) is 0. The number of hydrogen-bond acceptors (Lipinski definition) is 7. The first-order valence-electron chi connectivity index (χ1n) is 10.7. The van der Waals surface area contributed by atoms with Crippen LogP contribution in [0.3, 0.4) is 0 Å². The van der Waals surface area contributed by atoms with Gasteiger partial charge in [0, 0.05) is 16.3 Å². The van der Waals surface area contributed by atoms with Gasteiger partial charge in [0.15, 0.2) is 5.16 Å². The number of amides is 1. The molecule has 0 aliphatic heterocycles. The molecular weight excluding hydrogens is 458 g/mol. The number of hydrogen-bond donors (Lipinski definition) is 1. The topological polar surface area (TPSA) is 83.6 Å². The molecule has 0 saturated carbocycles. The maximum Gasteiger partial charge on any atom is 0.235 e. The molecule has 1 amide bonds. The van der Waals surface area contributed by atoms with Crippen molar-refractivity contribution in [2.45, 2.75) is 61.9 Å². The number of rotatable bonds is 8. The summed E-state index contributed by atoms with van der Waals surface area (Å²) in [5, 5.41) is 22.6. The molecule has 0 saturated heterocycles. The van der Waals surface area contributed by atoms with Crippen LogP contribution in [-0.2, 0) is 29.9 Å². The highest BCUT2D eigenvalue weighted by Gasteiger charge is 2.22. The lowest BCUT2D eigenvalue weighted by Gasteiger charge is -2.09. The number of thiophene rings is 1. The minimum absolute atomic E-state index is 0.119. The molecule has 0 radical (unpaired) electrons. The van der Waals surface area contributed by atoms with Crippen molar-refractivity contribution in [1.29, 1.82) is 5.26 Å². The van der Waals surface area contributed by atoms with Crippen LogP contribution in [0.25, 0.3) is 0 Å². The third-order valence-corrected chi connectivity index (χ3v) is 8.55. The Labute approximate surface area is 200 Å². The fourth-order valence-corrected chi connectivity index (χ4v) is 6.61. The molecule has 0 fully saturated rings. The van der Waals surface area contributed by atoms with Crippen molar-refractivity contribution >= 4 is 45.8 Å². The number of carbonyl (C=O) groups is 1. The zero-order valence-electron chi connectivity index (χ0n) is 18.2. The maximum atomic E-state index is 12.6. The summed E-state index contributed by atoms with van der Waals surface area (Å²) in [6.45, 7) is 4.88. The number of aryl methyl sites for hydroxylation is 2. The first kappa shape index (κ1) is 22.9. The highest BCUT2D eigenvalue weighted by Crippen LogP contribution is 2.37. The van der Waals surface area contributed by atoms with E-state index in [1.165, 1.54) is 27.1 Å². The molecule has 2 heterocycles. The zero-order valence-corrected chi connectivity index (χ0v) is 20.6. The Hall–Kier alpha value is -2.28. The van der Waals surface area contributed by atoms with Crippen molar-refractivity contribution in [2.75, 3.05) is 11.1 Å². The first-order chi connectivity index (χ1) is 15.6. The van der Waals surface area contributed by atoms with Gasteiger partial charge in [0.1, 0.15) is 16.9 Å². The first-order valence-corrected chi connectivity index (χ1v) is 13.5. The summed E-state index contributed by atoms with van der Waals surface area (Å²) < 4.78 is 2.06. The van der Waals surface area contributed by atoms with Crippen LogP contribution in [0, 0.1) is 18.3 Å². The Bertz CT molecular complexity index is 1140. The molecular formula is C23H25N5OS3. The van der Waals surface area contributed by atoms with E-state index in [1.807, 2.05) is 0 Å². The lowest BCUT2D eigenvalue weighted by atomic mass is 9.96. The zero-order chi connectivity index (χ0) is 22.5. The number of nitrogens with one attached hydrogen (secondary N) is 1. The molecule has 0 unspecified atom stereocenters. The highest BCUT2D eigenvalue weighted by molar-refractivity contribution is 7.99. The second kappa shape index (κ2) is 10.6. The van der Waals surface area contributed by atoms with Crippen LogP contribution in [0.4, 0.5) is 5.00 Å². The van der Waals surface area contributed by atoms with E-state index in [9.17, 15) is 10.1 Å². The van der Waals surface area contributed by atoms with Gasteiger partial charge in [-0.3, -0.25) is 4.79 Å². The van der Waals surface area contributed by atoms with Crippen LogP contribution in [0.1, 0.15) is 47.2 Å². The van der Waals surface area contributed by atoms with Crippen LogP contribution in [0.15, 0.2) is 34.3 Å². The average Bonchev–Trinajstić information content (AvgIpc) is 3.36. The van der Waals surface area contributed by atoms with Gasteiger partial charge >= 0.3 is 0 Å². The van der Waals surface area contributed by atoms with Crippen molar-refractivity contribution in [3.8, 4) is 6.07 Å². The number of anilines is 1. The van der Waals surface area contributed by atoms with Crippen LogP contribution in [0.5, 0.6) is 0 Å². The molecule has 1 N–H and O–H groups in total. The summed E-state index contributed by atoms with van der Waals surface area (Å²) in [6, 6.07) is 10.7. The molecule has 1 aliphatic carbocycles. The summed E-state index contributed by atoms with van der Waals surface area (Å²) in [4.78, 5) is 15.1. The molecule has 0 atom stereocenters. The Balaban J connectivity index is 1.36. The monoisotopic (exact) mass is 483 g/mol. The van der Waals surface area contributed by atoms with Crippen molar-refractivity contribution in [1.82, 2.24) is 14.8 Å². The molecule has 3 aromatic rings. The average molecular weight is 484 g/mol. The second-order valence-corrected chi connectivity index (χ2v) is 10.7. The van der Waals surface area contributed by atoms with Crippen molar-refractivity contribution in [3.63, 3.8) is 0 Å². The van der Waals surface area contributed by atoms with Crippen LogP contribution >= 0.6 is 34.9 Å². The van der Waals surface area contributed by atoms with Crippen LogP contribution < -0.4 is 5.32 Å². The van der Waals surface area contributed by atoms with Gasteiger partial charge in [-0.15, -0.1) is 33.3 Å². The highest BCUT2D eigenvalue weighted by atomic mass is 32.2. The van der Waals surface area contributed by atoms with E-state index in [-0.39, 0.29) is 11.7 Å². The largest absolute Gasteiger partial charge is 0.316 e. The van der Waals surface area contributed by atoms with Gasteiger partial charge in [-0.1, -0.05) is 29.5 Å². The lowest BCUT2D eigenvalue weighted by Crippen LogP contribution is -2.14. The SMILES string of the molecule is CCn1c(CSc2ccc(C)cc2)nnc1SCC(=O)Nc1sc2c(c1C#N)CCCC2. The predicted octanol–water partition coefficient (Wildman–Crippen LogP) is 5.44. The number of nitriles is 1. The summed E-state index contributed by atoms with van der Waals surface area (Å²) in [5.74, 6) is 1.74. The van der Waals surface area contributed by atoms with Gasteiger partial charge in [0.05, 0.1) is 17.1 Å². The molecule has 32 heavy (non-hydrogen) atoms. The maximum absolute atomic E-state index is 12.6. The molecule has 6 nitrogen and oxygen atoms in total. The molecule has 9 heteroatoms. The van der Waals surface area contributed by atoms with Crippen molar-refractivity contribution < 1.29 is 4.79 Å². The molecule has 0 spiro atoms. The van der Waals surface area contributed by atoms with Gasteiger partial charge in [-0.2, -0.15) is 5.26 Å². The number of carbonyl (C=O) groups excluding carboxylic acids is 1. The van der Waals surface area contributed by atoms with Gasteiger partial charge in [0.25, 0.3) is 0 Å². The Morgan fingerprint density at radius 1 is 1.22 bits per heavy atom. The number of benzene rings is 1. The third kappa shape index (κ3) is 5.20. The number of thioether (sulfide) groups is 2. The van der Waals surface area contributed by atoms with Crippen molar-refractivity contribution in [2.24, 2.45) is 0 Å². The van der Waals surface area contributed by atoms with Gasteiger partial charge in [-0.05, 0) is 57.2 Å². The van der Waals surface area contributed by atoms with E-state index in [2.05, 4.69) is 64.3 Å². The van der Waals surface area contributed by atoms with E-state index in [1.54, 1.807) is 23.1 Å². The van der Waals surface area contributed by atoms with Gasteiger partial charge in [-0.25, -0.2) is 0 Å². The van der Waals surface area contributed by atoms with E-state index in [0.717, 1.165) is 54.5 Å². The third-order valence-electron chi connectivity index (χ3n) is 5.37. The minimum Gasteiger partial charge on any atom is -0.316 e. The quantitative estimate of drug-likeness (QED) is 0.430. The van der Waals surface area contributed by atoms with Crippen LogP contribution in [-0.4, -0.2) is 26.4 Å². The molecule has 1 aliphatic rings. The van der Waals surface area contributed by atoms with E-state index >= 15 is 0 Å². The second-order valence-electron chi connectivity index (χ2n) is 7.61. The number of fused-ring (bicyclic) bond motifs is 1. The molecule has 4 rings (SSSR count). The Morgan fingerprint density at radius 3 is 2.75 bits per heavy atom. The molecule has 166 valence electrons. The standard InChI is InChI=1S/C23H25N5OS3/c1-3-28-20(13-30-16-10-8-15(2)9-11-16)26-27-23(28)31-14-21(29)25-22-18(12-24)17-6-4-5-7-19(17)32-22/h8-11H,3-7,13-14H2,1-2H3,(H,25,29). The molecule has 0 bridgehead atoms. The minimum atomic E-state index is -0.119. The smallest absolute Gasteiger partial charge is 0.235 e. The van der Waals surface area contributed by atoms with Crippen molar-refractivity contribution in [3.05, 3.63) is 51.7 Å². The van der Waals surface area contributed by atoms with Crippen LogP contribution in [0.2, 0.25) is 0 Å². The molecule has 2 aromatic heterocycles. The summed E-state index contributed by atoms with van der Waals surface area (Å²) >= 11 is 4.66. The predicted molar refractivity (Wildman–Crippen MR) is 131 cm³/mol. The number of nitrogens with zero attached hydrogens (tertiary/aromatic N) is 4. The van der Waals surface area contributed by atoms with E-state index in [0.29, 0.717) is 10.6 Å².